The Balaban J connectivity index is 3.06. The monoisotopic (exact) mass is 303 g/mol. The molecule has 0 heterocycles. The molecule has 0 saturated carbocycles. The average Bonchev–Trinajstić information content (AvgIpc) is 2.30. The zero-order valence-electron chi connectivity index (χ0n) is 12.2. The van der Waals surface area contributed by atoms with Crippen molar-refractivity contribution < 1.29 is 12.8 Å². The molecule has 0 radical (unpaired) electrons. The molecule has 0 aliphatic heterocycles. The Hall–Kier alpha value is -1.18. The number of nitrogens with one attached hydrogen (secondary N) is 1. The third-order valence-electron chi connectivity index (χ3n) is 2.92. The minimum absolute atomic E-state index is 0.0799. The smallest absolute Gasteiger partial charge is 0.243 e. The molecule has 1 rings (SSSR count). The van der Waals surface area contributed by atoms with E-state index in [1.54, 1.807) is 0 Å². The van der Waals surface area contributed by atoms with E-state index >= 15 is 0 Å². The predicted molar refractivity (Wildman–Crippen MR) is 78.3 cm³/mol. The lowest BCUT2D eigenvalue weighted by molar-refractivity contribution is 0.314. The van der Waals surface area contributed by atoms with Crippen LogP contribution in [0, 0.1) is 11.7 Å². The quantitative estimate of drug-likeness (QED) is 0.776. The van der Waals surface area contributed by atoms with Gasteiger partial charge in [-0.25, -0.2) is 17.5 Å². The van der Waals surface area contributed by atoms with Gasteiger partial charge in [0.1, 0.15) is 10.7 Å². The van der Waals surface area contributed by atoms with E-state index in [4.69, 9.17) is 5.73 Å². The van der Waals surface area contributed by atoms with Gasteiger partial charge in [-0.2, -0.15) is 0 Å². The molecule has 0 amide bonds. The second kappa shape index (κ2) is 6.51. The molecule has 3 N–H and O–H groups in total. The Labute approximate surface area is 120 Å². The summed E-state index contributed by atoms with van der Waals surface area (Å²) in [6.45, 7) is 4.35. The van der Waals surface area contributed by atoms with Gasteiger partial charge in [-0.3, -0.25) is 0 Å². The van der Waals surface area contributed by atoms with Gasteiger partial charge in [-0.1, -0.05) is 13.8 Å². The van der Waals surface area contributed by atoms with Crippen LogP contribution in [0.1, 0.15) is 13.8 Å². The Morgan fingerprint density at radius 1 is 1.35 bits per heavy atom. The molecule has 1 aromatic rings. The van der Waals surface area contributed by atoms with Crippen molar-refractivity contribution >= 4 is 15.7 Å². The molecular weight excluding hydrogens is 281 g/mol. The Morgan fingerprint density at radius 2 is 1.95 bits per heavy atom. The molecule has 0 aromatic heterocycles. The molecule has 1 atom stereocenters. The van der Waals surface area contributed by atoms with Gasteiger partial charge in [0.05, 0.1) is 0 Å². The highest BCUT2D eigenvalue weighted by Crippen LogP contribution is 2.19. The van der Waals surface area contributed by atoms with Crippen LogP contribution in [0.5, 0.6) is 0 Å². The highest BCUT2D eigenvalue weighted by Gasteiger charge is 2.25. The van der Waals surface area contributed by atoms with Gasteiger partial charge in [0, 0.05) is 18.3 Å². The van der Waals surface area contributed by atoms with Gasteiger partial charge < -0.3 is 10.6 Å². The second-order valence-electron chi connectivity index (χ2n) is 5.42. The number of nitrogen functional groups attached to an aromatic ring is 1. The molecule has 1 unspecified atom stereocenters. The molecule has 114 valence electrons. The number of rotatable bonds is 6. The predicted octanol–water partition coefficient (Wildman–Crippen LogP) is 1.27. The topological polar surface area (TPSA) is 75.4 Å². The Bertz CT molecular complexity index is 559. The fraction of sp³-hybridized carbons (Fsp3) is 0.538. The molecule has 0 bridgehead atoms. The average molecular weight is 303 g/mol. The van der Waals surface area contributed by atoms with Gasteiger partial charge in [0.25, 0.3) is 0 Å². The summed E-state index contributed by atoms with van der Waals surface area (Å²) in [5.41, 5.74) is 5.74. The number of sulfonamides is 1. The molecule has 0 fully saturated rings. The van der Waals surface area contributed by atoms with Crippen LogP contribution in [0.15, 0.2) is 23.1 Å². The van der Waals surface area contributed by atoms with E-state index in [1.165, 1.54) is 6.07 Å². The standard InChI is InChI=1S/C13H22FN3O2S/c1-9(2)12(8-17(3)4)16-20(18,19)13-7-10(15)5-6-11(13)14/h5-7,9,12,16H,8,15H2,1-4H3. The van der Waals surface area contributed by atoms with Gasteiger partial charge in [0.2, 0.25) is 10.0 Å². The third kappa shape index (κ3) is 4.43. The van der Waals surface area contributed by atoms with Gasteiger partial charge in [-0.05, 0) is 38.2 Å². The van der Waals surface area contributed by atoms with E-state index in [9.17, 15) is 12.8 Å². The number of nitrogens with zero attached hydrogens (tertiary/aromatic N) is 1. The minimum Gasteiger partial charge on any atom is -0.399 e. The van der Waals surface area contributed by atoms with Crippen LogP contribution in [0.25, 0.3) is 0 Å². The van der Waals surface area contributed by atoms with Crippen molar-refractivity contribution in [2.24, 2.45) is 5.92 Å². The van der Waals surface area contributed by atoms with Crippen LogP contribution in [0.2, 0.25) is 0 Å². The van der Waals surface area contributed by atoms with Gasteiger partial charge in [-0.15, -0.1) is 0 Å². The SMILES string of the molecule is CC(C)C(CN(C)C)NS(=O)(=O)c1cc(N)ccc1F. The summed E-state index contributed by atoms with van der Waals surface area (Å²) in [4.78, 5) is 1.46. The van der Waals surface area contributed by atoms with E-state index in [2.05, 4.69) is 4.72 Å². The molecular formula is C13H22FN3O2S. The number of benzene rings is 1. The highest BCUT2D eigenvalue weighted by molar-refractivity contribution is 7.89. The number of nitrogens with two attached hydrogens (primary N) is 1. The van der Waals surface area contributed by atoms with E-state index in [0.29, 0.717) is 6.54 Å². The van der Waals surface area contributed by atoms with E-state index < -0.39 is 20.7 Å². The first-order chi connectivity index (χ1) is 9.13. The van der Waals surface area contributed by atoms with Crippen LogP contribution in [0.3, 0.4) is 0 Å². The molecule has 0 aliphatic carbocycles. The molecule has 7 heteroatoms. The fourth-order valence-corrected chi connectivity index (χ4v) is 3.25. The molecule has 0 aliphatic rings. The summed E-state index contributed by atoms with van der Waals surface area (Å²) in [7, 11) is -0.231. The second-order valence-corrected chi connectivity index (χ2v) is 7.11. The van der Waals surface area contributed by atoms with Crippen LogP contribution in [-0.2, 0) is 10.0 Å². The maximum atomic E-state index is 13.7. The lowest BCUT2D eigenvalue weighted by atomic mass is 10.1. The maximum Gasteiger partial charge on any atom is 0.243 e. The lowest BCUT2D eigenvalue weighted by Gasteiger charge is -2.25. The molecule has 5 nitrogen and oxygen atoms in total. The number of likely N-dealkylation sites (N-methyl/N-ethyl adjacent to an activating group) is 1. The lowest BCUT2D eigenvalue weighted by Crippen LogP contribution is -2.45. The molecule has 0 saturated heterocycles. The van der Waals surface area contributed by atoms with E-state index in [0.717, 1.165) is 12.1 Å². The zero-order valence-corrected chi connectivity index (χ0v) is 13.0. The summed E-state index contributed by atoms with van der Waals surface area (Å²) in [6.07, 6.45) is 0. The molecule has 0 spiro atoms. The van der Waals surface area contributed by atoms with Crippen molar-refractivity contribution in [1.29, 1.82) is 0 Å². The summed E-state index contributed by atoms with van der Waals surface area (Å²) >= 11 is 0. The van der Waals surface area contributed by atoms with E-state index in [1.807, 2.05) is 32.8 Å². The van der Waals surface area contributed by atoms with E-state index in [-0.39, 0.29) is 17.6 Å². The largest absolute Gasteiger partial charge is 0.399 e. The first kappa shape index (κ1) is 16.9. The third-order valence-corrected chi connectivity index (χ3v) is 4.42. The van der Waals surface area contributed by atoms with Crippen LogP contribution < -0.4 is 10.5 Å². The van der Waals surface area contributed by atoms with Crippen molar-refractivity contribution in [3.05, 3.63) is 24.0 Å². The Morgan fingerprint density at radius 3 is 2.45 bits per heavy atom. The van der Waals surface area contributed by atoms with Crippen LogP contribution >= 0.6 is 0 Å². The summed E-state index contributed by atoms with van der Waals surface area (Å²) in [5, 5.41) is 0. The summed E-state index contributed by atoms with van der Waals surface area (Å²) in [6, 6.07) is 3.20. The number of hydrogen-bond acceptors (Lipinski definition) is 4. The van der Waals surface area contributed by atoms with Crippen molar-refractivity contribution in [3.8, 4) is 0 Å². The number of hydrogen-bond donors (Lipinski definition) is 2. The fourth-order valence-electron chi connectivity index (χ4n) is 1.77. The number of halogens is 1. The van der Waals surface area contributed by atoms with Crippen molar-refractivity contribution in [3.63, 3.8) is 0 Å². The summed E-state index contributed by atoms with van der Waals surface area (Å²) < 4.78 is 40.8. The Kier molecular flexibility index (Phi) is 5.50. The normalized spacial score (nSPS) is 13.9. The zero-order chi connectivity index (χ0) is 15.5. The van der Waals surface area contributed by atoms with Crippen molar-refractivity contribution in [2.75, 3.05) is 26.4 Å². The number of anilines is 1. The molecule has 20 heavy (non-hydrogen) atoms. The summed E-state index contributed by atoms with van der Waals surface area (Å²) in [5.74, 6) is -0.727. The van der Waals surface area contributed by atoms with Gasteiger partial charge in [0.15, 0.2) is 0 Å². The first-order valence-electron chi connectivity index (χ1n) is 6.35. The highest BCUT2D eigenvalue weighted by atomic mass is 32.2. The van der Waals surface area contributed by atoms with Crippen LogP contribution in [0.4, 0.5) is 10.1 Å². The van der Waals surface area contributed by atoms with Gasteiger partial charge >= 0.3 is 0 Å². The van der Waals surface area contributed by atoms with Crippen molar-refractivity contribution in [1.82, 2.24) is 9.62 Å². The minimum atomic E-state index is -3.93. The molecule has 1 aromatic carbocycles. The first-order valence-corrected chi connectivity index (χ1v) is 7.84. The maximum absolute atomic E-state index is 13.7. The van der Waals surface area contributed by atoms with Crippen molar-refractivity contribution in [2.45, 2.75) is 24.8 Å². The van der Waals surface area contributed by atoms with Crippen LogP contribution in [-0.4, -0.2) is 40.0 Å².